The van der Waals surface area contributed by atoms with Crippen molar-refractivity contribution in [2.45, 2.75) is 13.8 Å². The van der Waals surface area contributed by atoms with Crippen molar-refractivity contribution in [1.82, 2.24) is 24.8 Å². The molecule has 0 bridgehead atoms. The summed E-state index contributed by atoms with van der Waals surface area (Å²) in [4.78, 5) is 16.0. The second-order valence-electron chi connectivity index (χ2n) is 6.47. The first-order chi connectivity index (χ1) is 13.1. The maximum atomic E-state index is 11.9. The molecule has 1 N–H and O–H groups in total. The minimum absolute atomic E-state index is 0.0191. The summed E-state index contributed by atoms with van der Waals surface area (Å²) in [6.07, 6.45) is 3.42. The monoisotopic (exact) mass is 358 g/mol. The Labute approximate surface area is 156 Å². The van der Waals surface area contributed by atoms with Gasteiger partial charge in [0.1, 0.15) is 0 Å². The first kappa shape index (κ1) is 16.8. The molecule has 27 heavy (non-hydrogen) atoms. The summed E-state index contributed by atoms with van der Waals surface area (Å²) in [5.74, 6) is 0.552. The van der Waals surface area contributed by atoms with Gasteiger partial charge in [0.15, 0.2) is 11.5 Å². The van der Waals surface area contributed by atoms with Gasteiger partial charge in [-0.2, -0.15) is 9.61 Å². The number of benzene rings is 1. The molecule has 0 radical (unpaired) electrons. The molecule has 7 heteroatoms. The molecule has 0 unspecified atom stereocenters. The molecule has 3 aromatic heterocycles. The van der Waals surface area contributed by atoms with Crippen LogP contribution in [0.15, 0.2) is 60.9 Å². The third-order valence-corrected chi connectivity index (χ3v) is 4.15. The van der Waals surface area contributed by atoms with Crippen molar-refractivity contribution in [3.8, 4) is 22.6 Å². The predicted octanol–water partition coefficient (Wildman–Crippen LogP) is 3.45. The molecule has 1 amide bonds. The van der Waals surface area contributed by atoms with Gasteiger partial charge >= 0.3 is 0 Å². The molecule has 0 aliphatic rings. The van der Waals surface area contributed by atoms with Crippen molar-refractivity contribution in [3.63, 3.8) is 0 Å². The van der Waals surface area contributed by atoms with Crippen LogP contribution < -0.4 is 5.32 Å². The number of anilines is 1. The number of aromatic nitrogens is 5. The lowest BCUT2D eigenvalue weighted by Crippen LogP contribution is -2.17. The van der Waals surface area contributed by atoms with Gasteiger partial charge in [-0.15, -0.1) is 10.2 Å². The largest absolute Gasteiger partial charge is 0.326 e. The maximum Gasteiger partial charge on any atom is 0.226 e. The normalized spacial score (nSPS) is 11.1. The lowest BCUT2D eigenvalue weighted by molar-refractivity contribution is -0.118. The smallest absolute Gasteiger partial charge is 0.226 e. The second-order valence-corrected chi connectivity index (χ2v) is 6.47. The zero-order valence-corrected chi connectivity index (χ0v) is 15.0. The SMILES string of the molecule is CC(C)C(=O)Nc1cccc(-c2ccc3nnc(-c4ccncc4)n3n2)c1. The highest BCUT2D eigenvalue weighted by Crippen LogP contribution is 2.23. The Balaban J connectivity index is 1.73. The summed E-state index contributed by atoms with van der Waals surface area (Å²) < 4.78 is 1.71. The van der Waals surface area contributed by atoms with E-state index in [1.54, 1.807) is 16.9 Å². The molecule has 1 aromatic carbocycles. The lowest BCUT2D eigenvalue weighted by Gasteiger charge is -2.09. The number of nitrogens with one attached hydrogen (secondary N) is 1. The summed E-state index contributed by atoms with van der Waals surface area (Å²) in [6.45, 7) is 3.72. The van der Waals surface area contributed by atoms with E-state index >= 15 is 0 Å². The van der Waals surface area contributed by atoms with E-state index < -0.39 is 0 Å². The van der Waals surface area contributed by atoms with Crippen molar-refractivity contribution in [1.29, 1.82) is 0 Å². The number of amides is 1. The van der Waals surface area contributed by atoms with E-state index in [9.17, 15) is 4.79 Å². The van der Waals surface area contributed by atoms with Crippen LogP contribution in [0.4, 0.5) is 5.69 Å². The Morgan fingerprint density at radius 3 is 2.59 bits per heavy atom. The molecule has 0 fully saturated rings. The molecule has 4 aromatic rings. The molecule has 0 atom stereocenters. The highest BCUT2D eigenvalue weighted by atomic mass is 16.1. The van der Waals surface area contributed by atoms with Gasteiger partial charge in [0, 0.05) is 35.1 Å². The van der Waals surface area contributed by atoms with Crippen LogP contribution in [0.25, 0.3) is 28.3 Å². The van der Waals surface area contributed by atoms with Crippen molar-refractivity contribution < 1.29 is 4.79 Å². The summed E-state index contributed by atoms with van der Waals surface area (Å²) in [5, 5.41) is 16.0. The molecular weight excluding hydrogens is 340 g/mol. The van der Waals surface area contributed by atoms with Crippen LogP contribution in [-0.4, -0.2) is 30.7 Å². The highest BCUT2D eigenvalue weighted by Gasteiger charge is 2.12. The maximum absolute atomic E-state index is 11.9. The number of hydrogen-bond donors (Lipinski definition) is 1. The van der Waals surface area contributed by atoms with E-state index in [-0.39, 0.29) is 11.8 Å². The summed E-state index contributed by atoms with van der Waals surface area (Å²) in [7, 11) is 0. The van der Waals surface area contributed by atoms with Gasteiger partial charge in [-0.25, -0.2) is 0 Å². The van der Waals surface area contributed by atoms with Crippen LogP contribution in [0.3, 0.4) is 0 Å². The third kappa shape index (κ3) is 3.39. The van der Waals surface area contributed by atoms with Gasteiger partial charge in [0.05, 0.1) is 5.69 Å². The number of rotatable bonds is 4. The van der Waals surface area contributed by atoms with Crippen LogP contribution in [0.2, 0.25) is 0 Å². The van der Waals surface area contributed by atoms with Crippen molar-refractivity contribution >= 4 is 17.2 Å². The van der Waals surface area contributed by atoms with Gasteiger partial charge in [-0.3, -0.25) is 9.78 Å². The summed E-state index contributed by atoms with van der Waals surface area (Å²) >= 11 is 0. The fourth-order valence-electron chi connectivity index (χ4n) is 2.67. The van der Waals surface area contributed by atoms with Gasteiger partial charge in [-0.1, -0.05) is 26.0 Å². The standard InChI is InChI=1S/C20H18N6O/c1-13(2)20(27)22-16-5-3-4-15(12-16)17-6-7-18-23-24-19(26(18)25-17)14-8-10-21-11-9-14/h3-13H,1-2H3,(H,22,27). The molecule has 0 aliphatic heterocycles. The number of hydrogen-bond acceptors (Lipinski definition) is 5. The van der Waals surface area contributed by atoms with Gasteiger partial charge in [0.2, 0.25) is 5.91 Å². The van der Waals surface area contributed by atoms with E-state index in [1.807, 2.05) is 62.4 Å². The Morgan fingerprint density at radius 1 is 1.00 bits per heavy atom. The first-order valence-electron chi connectivity index (χ1n) is 8.66. The van der Waals surface area contributed by atoms with Crippen LogP contribution in [-0.2, 0) is 4.79 Å². The molecule has 0 saturated heterocycles. The number of carbonyl (C=O) groups is 1. The zero-order chi connectivity index (χ0) is 18.8. The van der Waals surface area contributed by atoms with Crippen molar-refractivity contribution in [2.75, 3.05) is 5.32 Å². The van der Waals surface area contributed by atoms with Crippen LogP contribution >= 0.6 is 0 Å². The van der Waals surface area contributed by atoms with E-state index in [4.69, 9.17) is 5.10 Å². The van der Waals surface area contributed by atoms with Crippen LogP contribution in [0.1, 0.15) is 13.8 Å². The first-order valence-corrected chi connectivity index (χ1v) is 8.66. The number of fused-ring (bicyclic) bond motifs is 1. The molecule has 3 heterocycles. The fourth-order valence-corrected chi connectivity index (χ4v) is 2.67. The topological polar surface area (TPSA) is 85.1 Å². The Hall–Kier alpha value is -3.61. The minimum atomic E-state index is -0.0805. The quantitative estimate of drug-likeness (QED) is 0.604. The number of nitrogens with zero attached hydrogens (tertiary/aromatic N) is 5. The van der Waals surface area contributed by atoms with Gasteiger partial charge < -0.3 is 5.32 Å². The van der Waals surface area contributed by atoms with Crippen molar-refractivity contribution in [3.05, 3.63) is 60.9 Å². The molecule has 4 rings (SSSR count). The molecular formula is C20H18N6O. The third-order valence-electron chi connectivity index (χ3n) is 4.15. The number of pyridine rings is 1. The predicted molar refractivity (Wildman–Crippen MR) is 103 cm³/mol. The highest BCUT2D eigenvalue weighted by molar-refractivity contribution is 5.92. The Bertz CT molecular complexity index is 1100. The number of carbonyl (C=O) groups excluding carboxylic acids is 1. The molecule has 0 aliphatic carbocycles. The summed E-state index contributed by atoms with van der Waals surface area (Å²) in [5.41, 5.74) is 3.95. The van der Waals surface area contributed by atoms with E-state index in [2.05, 4.69) is 20.5 Å². The van der Waals surface area contributed by atoms with E-state index in [1.165, 1.54) is 0 Å². The average Bonchev–Trinajstić information content (AvgIpc) is 3.12. The zero-order valence-electron chi connectivity index (χ0n) is 15.0. The molecule has 7 nitrogen and oxygen atoms in total. The molecule has 0 spiro atoms. The van der Waals surface area contributed by atoms with Crippen molar-refractivity contribution in [2.24, 2.45) is 5.92 Å². The van der Waals surface area contributed by atoms with E-state index in [0.717, 1.165) is 22.5 Å². The second kappa shape index (κ2) is 6.95. The van der Waals surface area contributed by atoms with Gasteiger partial charge in [-0.05, 0) is 36.4 Å². The lowest BCUT2D eigenvalue weighted by atomic mass is 10.1. The van der Waals surface area contributed by atoms with Crippen LogP contribution in [0.5, 0.6) is 0 Å². The Morgan fingerprint density at radius 2 is 1.81 bits per heavy atom. The molecule has 134 valence electrons. The summed E-state index contributed by atoms with van der Waals surface area (Å²) in [6, 6.07) is 15.1. The van der Waals surface area contributed by atoms with Crippen LogP contribution in [0, 0.1) is 5.92 Å². The minimum Gasteiger partial charge on any atom is -0.326 e. The van der Waals surface area contributed by atoms with E-state index in [0.29, 0.717) is 11.5 Å². The molecule has 0 saturated carbocycles. The van der Waals surface area contributed by atoms with Gasteiger partial charge in [0.25, 0.3) is 0 Å². The average molecular weight is 358 g/mol. The fraction of sp³-hybridized carbons (Fsp3) is 0.150. The Kier molecular flexibility index (Phi) is 4.33.